The molecule has 6 heteroatoms. The van der Waals surface area contributed by atoms with Gasteiger partial charge in [-0.05, 0) is 29.5 Å². The van der Waals surface area contributed by atoms with Gasteiger partial charge in [-0.3, -0.25) is 5.10 Å². The first-order chi connectivity index (χ1) is 12.7. The first kappa shape index (κ1) is 16.3. The third-order valence-electron chi connectivity index (χ3n) is 4.45. The Morgan fingerprint density at radius 2 is 1.88 bits per heavy atom. The van der Waals surface area contributed by atoms with E-state index in [1.165, 1.54) is 0 Å². The van der Waals surface area contributed by atoms with Crippen LogP contribution >= 0.6 is 11.8 Å². The number of ether oxygens (including phenoxy) is 1. The molecule has 0 saturated carbocycles. The van der Waals surface area contributed by atoms with Gasteiger partial charge in [0, 0.05) is 4.90 Å². The molecule has 0 spiro atoms. The van der Waals surface area contributed by atoms with Gasteiger partial charge in [-0.15, -0.1) is 16.9 Å². The Bertz CT molecular complexity index is 1020. The van der Waals surface area contributed by atoms with E-state index in [1.807, 2.05) is 60.9 Å². The Morgan fingerprint density at radius 1 is 1.15 bits per heavy atom. The number of aromatic nitrogens is 2. The highest BCUT2D eigenvalue weighted by molar-refractivity contribution is 7.98. The number of benzene rings is 2. The molecule has 2 heterocycles. The number of aromatic amines is 1. The second-order valence-corrected chi connectivity index (χ2v) is 6.76. The summed E-state index contributed by atoms with van der Waals surface area (Å²) >= 11 is 1.67. The van der Waals surface area contributed by atoms with Gasteiger partial charge in [0.1, 0.15) is 11.6 Å². The SMILES string of the molecule is CSc1ccc([C@@H]2C(C#N)=C(N)Oc3n[nH]c(-c4ccccc4)c32)cc1. The summed E-state index contributed by atoms with van der Waals surface area (Å²) in [6.45, 7) is 0. The zero-order chi connectivity index (χ0) is 18.1. The molecule has 1 atom stereocenters. The van der Waals surface area contributed by atoms with E-state index in [0.29, 0.717) is 11.5 Å². The van der Waals surface area contributed by atoms with E-state index >= 15 is 0 Å². The van der Waals surface area contributed by atoms with Gasteiger partial charge in [0.2, 0.25) is 11.8 Å². The van der Waals surface area contributed by atoms with Crippen LogP contribution in [-0.2, 0) is 0 Å². The van der Waals surface area contributed by atoms with Gasteiger partial charge in [0.05, 0.1) is 17.2 Å². The van der Waals surface area contributed by atoms with Crippen molar-refractivity contribution in [2.24, 2.45) is 5.73 Å². The molecule has 128 valence electrons. The van der Waals surface area contributed by atoms with Crippen LogP contribution in [0.2, 0.25) is 0 Å². The summed E-state index contributed by atoms with van der Waals surface area (Å²) in [4.78, 5) is 1.16. The van der Waals surface area contributed by atoms with Gasteiger partial charge in [0.25, 0.3) is 0 Å². The Labute approximate surface area is 155 Å². The summed E-state index contributed by atoms with van der Waals surface area (Å²) < 4.78 is 5.62. The van der Waals surface area contributed by atoms with E-state index in [1.54, 1.807) is 11.8 Å². The van der Waals surface area contributed by atoms with Crippen LogP contribution in [0.5, 0.6) is 5.88 Å². The third-order valence-corrected chi connectivity index (χ3v) is 5.19. The van der Waals surface area contributed by atoms with Crippen molar-refractivity contribution in [2.45, 2.75) is 10.8 Å². The summed E-state index contributed by atoms with van der Waals surface area (Å²) in [6, 6.07) is 20.2. The molecule has 2 aromatic carbocycles. The Hall–Kier alpha value is -3.17. The van der Waals surface area contributed by atoms with Gasteiger partial charge < -0.3 is 10.5 Å². The number of H-pyrrole nitrogens is 1. The smallest absolute Gasteiger partial charge is 0.244 e. The predicted molar refractivity (Wildman–Crippen MR) is 102 cm³/mol. The molecular weight excluding hydrogens is 344 g/mol. The molecule has 1 aliphatic rings. The van der Waals surface area contributed by atoms with Crippen molar-refractivity contribution >= 4 is 11.8 Å². The molecule has 0 radical (unpaired) electrons. The van der Waals surface area contributed by atoms with E-state index in [4.69, 9.17) is 10.5 Å². The van der Waals surface area contributed by atoms with E-state index in [-0.39, 0.29) is 11.8 Å². The normalized spacial score (nSPS) is 15.9. The summed E-state index contributed by atoms with van der Waals surface area (Å²) in [5.74, 6) is 0.193. The first-order valence-corrected chi connectivity index (χ1v) is 9.30. The van der Waals surface area contributed by atoms with E-state index in [9.17, 15) is 5.26 Å². The largest absolute Gasteiger partial charge is 0.420 e. The van der Waals surface area contributed by atoms with Crippen LogP contribution in [0.1, 0.15) is 17.0 Å². The second-order valence-electron chi connectivity index (χ2n) is 5.88. The number of nitrogens with zero attached hydrogens (tertiary/aromatic N) is 2. The summed E-state index contributed by atoms with van der Waals surface area (Å²) in [6.07, 6.45) is 2.03. The maximum Gasteiger partial charge on any atom is 0.244 e. The zero-order valence-electron chi connectivity index (χ0n) is 14.1. The van der Waals surface area contributed by atoms with Crippen molar-refractivity contribution in [3.8, 4) is 23.2 Å². The number of hydrogen-bond acceptors (Lipinski definition) is 5. The van der Waals surface area contributed by atoms with Crippen LogP contribution < -0.4 is 10.5 Å². The number of rotatable bonds is 3. The van der Waals surface area contributed by atoms with Crippen molar-refractivity contribution in [3.05, 3.63) is 77.2 Å². The standard InChI is InChI=1S/C20H16N4OS/c1-26-14-9-7-12(8-10-14)16-15(11-21)19(22)25-20-17(16)18(23-24-20)13-5-3-2-4-6-13/h2-10,16H,22H2,1H3,(H,23,24)/t16-/m1/s1. The van der Waals surface area contributed by atoms with Crippen LogP contribution in [0.25, 0.3) is 11.3 Å². The van der Waals surface area contributed by atoms with Crippen molar-refractivity contribution in [1.82, 2.24) is 10.2 Å². The first-order valence-electron chi connectivity index (χ1n) is 8.08. The van der Waals surface area contributed by atoms with Crippen LogP contribution in [-0.4, -0.2) is 16.5 Å². The van der Waals surface area contributed by atoms with Crippen molar-refractivity contribution in [3.63, 3.8) is 0 Å². The Morgan fingerprint density at radius 3 is 2.54 bits per heavy atom. The van der Waals surface area contributed by atoms with Gasteiger partial charge in [-0.25, -0.2) is 0 Å². The topological polar surface area (TPSA) is 87.7 Å². The molecule has 0 aliphatic carbocycles. The Balaban J connectivity index is 1.92. The lowest BCUT2D eigenvalue weighted by Crippen LogP contribution is -2.20. The molecule has 3 aromatic rings. The molecule has 1 aromatic heterocycles. The molecule has 3 N–H and O–H groups in total. The molecule has 0 bridgehead atoms. The molecule has 4 rings (SSSR count). The fourth-order valence-corrected chi connectivity index (χ4v) is 3.61. The molecule has 0 saturated heterocycles. The lowest BCUT2D eigenvalue weighted by Gasteiger charge is -2.24. The summed E-state index contributed by atoms with van der Waals surface area (Å²) in [5.41, 5.74) is 10.0. The highest BCUT2D eigenvalue weighted by Gasteiger charge is 2.35. The minimum atomic E-state index is -0.325. The average molecular weight is 360 g/mol. The minimum absolute atomic E-state index is 0.102. The highest BCUT2D eigenvalue weighted by atomic mass is 32.2. The fourth-order valence-electron chi connectivity index (χ4n) is 3.20. The Kier molecular flexibility index (Phi) is 4.15. The lowest BCUT2D eigenvalue weighted by molar-refractivity contribution is 0.379. The molecule has 5 nitrogen and oxygen atoms in total. The number of nitrogens with two attached hydrogens (primary N) is 1. The van der Waals surface area contributed by atoms with Crippen LogP contribution in [0.15, 0.2) is 70.9 Å². The molecule has 1 aliphatic heterocycles. The van der Waals surface area contributed by atoms with Crippen molar-refractivity contribution in [1.29, 1.82) is 5.26 Å². The van der Waals surface area contributed by atoms with Gasteiger partial charge in [-0.1, -0.05) is 42.5 Å². The quantitative estimate of drug-likeness (QED) is 0.689. The number of nitriles is 1. The van der Waals surface area contributed by atoms with Gasteiger partial charge in [0.15, 0.2) is 0 Å². The lowest BCUT2D eigenvalue weighted by atomic mass is 9.83. The van der Waals surface area contributed by atoms with E-state index < -0.39 is 0 Å². The number of allylic oxidation sites excluding steroid dienone is 1. The maximum atomic E-state index is 9.72. The molecule has 26 heavy (non-hydrogen) atoms. The minimum Gasteiger partial charge on any atom is -0.420 e. The van der Waals surface area contributed by atoms with E-state index in [0.717, 1.165) is 27.3 Å². The fraction of sp³-hybridized carbons (Fsp3) is 0.100. The van der Waals surface area contributed by atoms with Gasteiger partial charge >= 0.3 is 0 Å². The van der Waals surface area contributed by atoms with Crippen LogP contribution in [0.3, 0.4) is 0 Å². The van der Waals surface area contributed by atoms with Crippen LogP contribution in [0.4, 0.5) is 0 Å². The van der Waals surface area contributed by atoms with Gasteiger partial charge in [-0.2, -0.15) is 5.26 Å². The number of hydrogen-bond donors (Lipinski definition) is 2. The van der Waals surface area contributed by atoms with Crippen molar-refractivity contribution in [2.75, 3.05) is 6.26 Å². The second kappa shape index (κ2) is 6.62. The predicted octanol–water partition coefficient (Wildman–Crippen LogP) is 4.02. The molecular formula is C20H16N4OS. The zero-order valence-corrected chi connectivity index (χ0v) is 14.9. The summed E-state index contributed by atoms with van der Waals surface area (Å²) in [7, 11) is 0. The third kappa shape index (κ3) is 2.63. The van der Waals surface area contributed by atoms with Crippen LogP contribution in [0, 0.1) is 11.3 Å². The number of thioether (sulfide) groups is 1. The highest BCUT2D eigenvalue weighted by Crippen LogP contribution is 2.45. The maximum absolute atomic E-state index is 9.72. The summed E-state index contributed by atoms with van der Waals surface area (Å²) in [5, 5.41) is 17.1. The molecule has 0 amide bonds. The number of fused-ring (bicyclic) bond motifs is 1. The van der Waals surface area contributed by atoms with E-state index in [2.05, 4.69) is 16.3 Å². The monoisotopic (exact) mass is 360 g/mol. The van der Waals surface area contributed by atoms with Crippen molar-refractivity contribution < 1.29 is 4.74 Å². The molecule has 0 unspecified atom stereocenters. The average Bonchev–Trinajstić information content (AvgIpc) is 3.11. The number of nitrogens with one attached hydrogen (secondary N) is 1. The molecule has 0 fully saturated rings.